The van der Waals surface area contributed by atoms with Crippen LogP contribution in [0.5, 0.6) is 0 Å². The van der Waals surface area contributed by atoms with Crippen molar-refractivity contribution in [2.45, 2.75) is 19.4 Å². The van der Waals surface area contributed by atoms with Crippen molar-refractivity contribution in [1.82, 2.24) is 4.90 Å². The van der Waals surface area contributed by atoms with Gasteiger partial charge in [-0.15, -0.1) is 0 Å². The lowest BCUT2D eigenvalue weighted by Gasteiger charge is -2.25. The largest absolute Gasteiger partial charge is 0.478 e. The number of carboxylic acid groups (broad SMARTS) is 1. The molecule has 0 fully saturated rings. The number of hydrogen-bond acceptors (Lipinski definition) is 3. The number of amides is 2. The second-order valence-electron chi connectivity index (χ2n) is 4.67. The fourth-order valence-electron chi connectivity index (χ4n) is 1.64. The van der Waals surface area contributed by atoms with Crippen LogP contribution >= 0.6 is 27.7 Å². The smallest absolute Gasteiger partial charge is 0.335 e. The molecule has 1 unspecified atom stereocenters. The maximum atomic E-state index is 12.2. The number of benzene rings is 1. The molecule has 0 bridgehead atoms. The Morgan fingerprint density at radius 1 is 1.48 bits per heavy atom. The highest BCUT2D eigenvalue weighted by Crippen LogP contribution is 2.24. The summed E-state index contributed by atoms with van der Waals surface area (Å²) in [4.78, 5) is 24.8. The molecule has 0 aliphatic carbocycles. The summed E-state index contributed by atoms with van der Waals surface area (Å²) in [6.45, 7) is 1.98. The van der Waals surface area contributed by atoms with E-state index in [2.05, 4.69) is 21.2 Å². The number of anilines is 1. The highest BCUT2D eigenvalue weighted by Gasteiger charge is 2.17. The zero-order valence-electron chi connectivity index (χ0n) is 12.2. The fourth-order valence-corrected chi connectivity index (χ4v) is 2.56. The minimum Gasteiger partial charge on any atom is -0.478 e. The van der Waals surface area contributed by atoms with Crippen molar-refractivity contribution < 1.29 is 14.7 Å². The Morgan fingerprint density at radius 3 is 2.71 bits per heavy atom. The molecule has 2 amide bonds. The number of thioether (sulfide) groups is 1. The zero-order valence-corrected chi connectivity index (χ0v) is 14.6. The zero-order chi connectivity index (χ0) is 16.0. The summed E-state index contributed by atoms with van der Waals surface area (Å²) >= 11 is 5.05. The number of nitrogens with one attached hydrogen (secondary N) is 1. The molecule has 1 atom stereocenters. The fraction of sp³-hybridized carbons (Fsp3) is 0.429. The SMILES string of the molecule is CSCCC(C)N(C)C(=O)Nc1cc(C(=O)O)ccc1Br. The predicted molar refractivity (Wildman–Crippen MR) is 90.3 cm³/mol. The average Bonchev–Trinajstić information content (AvgIpc) is 2.45. The summed E-state index contributed by atoms with van der Waals surface area (Å²) in [5, 5.41) is 11.7. The number of aromatic carboxylic acids is 1. The minimum atomic E-state index is -1.03. The van der Waals surface area contributed by atoms with E-state index in [9.17, 15) is 9.59 Å². The number of carbonyl (C=O) groups excluding carboxylic acids is 1. The molecule has 5 nitrogen and oxygen atoms in total. The summed E-state index contributed by atoms with van der Waals surface area (Å²) in [6, 6.07) is 4.37. The van der Waals surface area contributed by atoms with E-state index >= 15 is 0 Å². The number of carboxylic acids is 1. The normalized spacial score (nSPS) is 11.8. The summed E-state index contributed by atoms with van der Waals surface area (Å²) in [6.07, 6.45) is 2.93. The van der Waals surface area contributed by atoms with Crippen molar-refractivity contribution in [2.75, 3.05) is 24.4 Å². The molecule has 2 N–H and O–H groups in total. The van der Waals surface area contributed by atoms with Gasteiger partial charge in [0.25, 0.3) is 0 Å². The number of urea groups is 1. The summed E-state index contributed by atoms with van der Waals surface area (Å²) in [5.41, 5.74) is 0.579. The number of rotatable bonds is 6. The van der Waals surface area contributed by atoms with Crippen LogP contribution in [0.3, 0.4) is 0 Å². The lowest BCUT2D eigenvalue weighted by molar-refractivity contribution is 0.0697. The molecular weight excluding hydrogens is 356 g/mol. The van der Waals surface area contributed by atoms with Crippen molar-refractivity contribution in [3.63, 3.8) is 0 Å². The maximum absolute atomic E-state index is 12.2. The van der Waals surface area contributed by atoms with Crippen LogP contribution in [0.1, 0.15) is 23.7 Å². The van der Waals surface area contributed by atoms with Crippen LogP contribution in [0.25, 0.3) is 0 Å². The molecule has 21 heavy (non-hydrogen) atoms. The van der Waals surface area contributed by atoms with Crippen molar-refractivity contribution in [3.8, 4) is 0 Å². The first-order chi connectivity index (χ1) is 9.86. The van der Waals surface area contributed by atoms with Gasteiger partial charge in [-0.05, 0) is 59.5 Å². The first kappa shape index (κ1) is 17.8. The van der Waals surface area contributed by atoms with Gasteiger partial charge in [0, 0.05) is 17.6 Å². The number of nitrogens with zero attached hydrogens (tertiary/aromatic N) is 1. The highest BCUT2D eigenvalue weighted by atomic mass is 79.9. The van der Waals surface area contributed by atoms with E-state index in [1.807, 2.05) is 13.2 Å². The monoisotopic (exact) mass is 374 g/mol. The van der Waals surface area contributed by atoms with Gasteiger partial charge >= 0.3 is 12.0 Å². The first-order valence-corrected chi connectivity index (χ1v) is 8.61. The van der Waals surface area contributed by atoms with Crippen molar-refractivity contribution in [1.29, 1.82) is 0 Å². The molecule has 1 aromatic rings. The Bertz CT molecular complexity index is 525. The van der Waals surface area contributed by atoms with Crippen LogP contribution in [0.2, 0.25) is 0 Å². The van der Waals surface area contributed by atoms with E-state index in [4.69, 9.17) is 5.11 Å². The predicted octanol–water partition coefficient (Wildman–Crippen LogP) is 3.75. The Balaban J connectivity index is 2.78. The quantitative estimate of drug-likeness (QED) is 0.795. The second-order valence-corrected chi connectivity index (χ2v) is 6.51. The molecule has 0 saturated heterocycles. The van der Waals surface area contributed by atoms with Gasteiger partial charge in [-0.25, -0.2) is 9.59 Å². The molecule has 0 aliphatic rings. The third-order valence-corrected chi connectivity index (χ3v) is 4.51. The Kier molecular flexibility index (Phi) is 7.04. The summed E-state index contributed by atoms with van der Waals surface area (Å²) in [7, 11) is 1.73. The van der Waals surface area contributed by atoms with E-state index < -0.39 is 5.97 Å². The van der Waals surface area contributed by atoms with Crippen molar-refractivity contribution in [3.05, 3.63) is 28.2 Å². The molecular formula is C14H19BrN2O3S. The highest BCUT2D eigenvalue weighted by molar-refractivity contribution is 9.10. The maximum Gasteiger partial charge on any atom is 0.335 e. The van der Waals surface area contributed by atoms with Gasteiger partial charge in [-0.1, -0.05) is 0 Å². The van der Waals surface area contributed by atoms with Crippen LogP contribution in [-0.4, -0.2) is 47.1 Å². The molecule has 0 spiro atoms. The van der Waals surface area contributed by atoms with Gasteiger partial charge in [0.05, 0.1) is 11.3 Å². The Hall–Kier alpha value is -1.21. The Labute approximate surface area is 137 Å². The van der Waals surface area contributed by atoms with Crippen LogP contribution < -0.4 is 5.32 Å². The molecule has 7 heteroatoms. The molecule has 116 valence electrons. The molecule has 1 aromatic carbocycles. The Morgan fingerprint density at radius 2 is 2.14 bits per heavy atom. The summed E-state index contributed by atoms with van der Waals surface area (Å²) < 4.78 is 0.644. The van der Waals surface area contributed by atoms with Gasteiger partial charge in [0.15, 0.2) is 0 Å². The van der Waals surface area contributed by atoms with E-state index in [-0.39, 0.29) is 17.6 Å². The van der Waals surface area contributed by atoms with Gasteiger partial charge < -0.3 is 15.3 Å². The van der Waals surface area contributed by atoms with E-state index in [0.29, 0.717) is 10.2 Å². The topological polar surface area (TPSA) is 69.6 Å². The van der Waals surface area contributed by atoms with Crippen LogP contribution in [0.4, 0.5) is 10.5 Å². The standard InChI is InChI=1S/C14H19BrN2O3S/c1-9(6-7-21-3)17(2)14(20)16-12-8-10(13(18)19)4-5-11(12)15/h4-5,8-9H,6-7H2,1-3H3,(H,16,20)(H,18,19). The number of carbonyl (C=O) groups is 2. The van der Waals surface area contributed by atoms with E-state index in [1.165, 1.54) is 12.1 Å². The molecule has 1 rings (SSSR count). The van der Waals surface area contributed by atoms with E-state index in [1.54, 1.807) is 29.8 Å². The first-order valence-electron chi connectivity index (χ1n) is 6.42. The molecule has 0 saturated carbocycles. The van der Waals surface area contributed by atoms with Gasteiger partial charge in [-0.2, -0.15) is 11.8 Å². The van der Waals surface area contributed by atoms with Crippen LogP contribution in [-0.2, 0) is 0 Å². The molecule has 0 radical (unpaired) electrons. The average molecular weight is 375 g/mol. The summed E-state index contributed by atoms with van der Waals surface area (Å²) in [5.74, 6) is -0.0449. The van der Waals surface area contributed by atoms with Crippen molar-refractivity contribution in [2.24, 2.45) is 0 Å². The molecule has 0 aromatic heterocycles. The molecule has 0 heterocycles. The molecule has 0 aliphatic heterocycles. The number of hydrogen-bond donors (Lipinski definition) is 2. The number of halogens is 1. The van der Waals surface area contributed by atoms with Crippen LogP contribution in [0, 0.1) is 0 Å². The van der Waals surface area contributed by atoms with Crippen LogP contribution in [0.15, 0.2) is 22.7 Å². The lowest BCUT2D eigenvalue weighted by Crippen LogP contribution is -2.38. The van der Waals surface area contributed by atoms with Crippen molar-refractivity contribution >= 4 is 45.4 Å². The second kappa shape index (κ2) is 8.29. The van der Waals surface area contributed by atoms with Gasteiger partial charge in [0.2, 0.25) is 0 Å². The van der Waals surface area contributed by atoms with Gasteiger partial charge in [0.1, 0.15) is 0 Å². The third kappa shape index (κ3) is 5.24. The minimum absolute atomic E-state index is 0.110. The third-order valence-electron chi connectivity index (χ3n) is 3.18. The van der Waals surface area contributed by atoms with Gasteiger partial charge in [-0.3, -0.25) is 0 Å². The lowest BCUT2D eigenvalue weighted by atomic mass is 10.2. The van der Waals surface area contributed by atoms with E-state index in [0.717, 1.165) is 12.2 Å².